The van der Waals surface area contributed by atoms with E-state index in [-0.39, 0.29) is 18.4 Å². The SMILES string of the molecule is Cc1nc(C)c(CNc2ccc(C(=O)N=C(N)N)cc2Br)nc1C.Cl. The smallest absolute Gasteiger partial charge is 0.280 e. The van der Waals surface area contributed by atoms with Crippen LogP contribution in [0.1, 0.15) is 33.1 Å². The summed E-state index contributed by atoms with van der Waals surface area (Å²) in [6.45, 7) is 6.34. The van der Waals surface area contributed by atoms with E-state index in [9.17, 15) is 4.79 Å². The van der Waals surface area contributed by atoms with Crippen LogP contribution < -0.4 is 16.8 Å². The van der Waals surface area contributed by atoms with Crippen LogP contribution in [0.5, 0.6) is 0 Å². The molecule has 0 bridgehead atoms. The summed E-state index contributed by atoms with van der Waals surface area (Å²) in [6.07, 6.45) is 0. The van der Waals surface area contributed by atoms with Gasteiger partial charge in [-0.2, -0.15) is 4.99 Å². The number of aryl methyl sites for hydroxylation is 3. The number of guanidine groups is 1. The number of rotatable bonds is 4. The zero-order valence-corrected chi connectivity index (χ0v) is 16.5. The zero-order valence-electron chi connectivity index (χ0n) is 14.1. The van der Waals surface area contributed by atoms with Gasteiger partial charge in [0.15, 0.2) is 5.96 Å². The maximum atomic E-state index is 11.8. The van der Waals surface area contributed by atoms with Crippen LogP contribution in [0.2, 0.25) is 0 Å². The van der Waals surface area contributed by atoms with Gasteiger partial charge in [0.1, 0.15) is 0 Å². The second kappa shape index (κ2) is 8.77. The normalized spacial score (nSPS) is 9.92. The summed E-state index contributed by atoms with van der Waals surface area (Å²) in [5.41, 5.74) is 15.3. The molecule has 0 spiro atoms. The molecule has 1 aromatic heterocycles. The first-order valence-electron chi connectivity index (χ1n) is 7.26. The van der Waals surface area contributed by atoms with Gasteiger partial charge in [0.2, 0.25) is 0 Å². The number of benzene rings is 1. The summed E-state index contributed by atoms with van der Waals surface area (Å²) in [5, 5.41) is 3.28. The molecule has 25 heavy (non-hydrogen) atoms. The lowest BCUT2D eigenvalue weighted by Gasteiger charge is -2.12. The van der Waals surface area contributed by atoms with Gasteiger partial charge < -0.3 is 16.8 Å². The molecule has 0 unspecified atom stereocenters. The van der Waals surface area contributed by atoms with Gasteiger partial charge in [0.25, 0.3) is 5.91 Å². The summed E-state index contributed by atoms with van der Waals surface area (Å²) >= 11 is 3.44. The summed E-state index contributed by atoms with van der Waals surface area (Å²) in [5.74, 6) is -0.750. The number of halogens is 2. The quantitative estimate of drug-likeness (QED) is 0.509. The number of carbonyl (C=O) groups excluding carboxylic acids is 1. The van der Waals surface area contributed by atoms with Crippen molar-refractivity contribution in [2.45, 2.75) is 27.3 Å². The Morgan fingerprint density at radius 2 is 1.80 bits per heavy atom. The van der Waals surface area contributed by atoms with E-state index in [1.54, 1.807) is 18.2 Å². The van der Waals surface area contributed by atoms with Crippen molar-refractivity contribution in [1.29, 1.82) is 0 Å². The molecule has 1 amide bonds. The number of carbonyl (C=O) groups is 1. The molecule has 0 aliphatic carbocycles. The number of nitrogens with two attached hydrogens (primary N) is 2. The first kappa shape index (κ1) is 20.9. The number of hydrogen-bond donors (Lipinski definition) is 3. The Labute approximate surface area is 160 Å². The van der Waals surface area contributed by atoms with Gasteiger partial charge in [-0.1, -0.05) is 0 Å². The first-order valence-corrected chi connectivity index (χ1v) is 8.05. The van der Waals surface area contributed by atoms with Crippen molar-refractivity contribution in [3.63, 3.8) is 0 Å². The predicted octanol–water partition coefficient (Wildman–Crippen LogP) is 2.61. The molecule has 9 heteroatoms. The van der Waals surface area contributed by atoms with Crippen molar-refractivity contribution in [2.24, 2.45) is 16.5 Å². The van der Waals surface area contributed by atoms with E-state index in [4.69, 9.17) is 11.5 Å². The van der Waals surface area contributed by atoms with E-state index in [2.05, 4.69) is 36.2 Å². The molecular weight excluding hydrogens is 408 g/mol. The minimum atomic E-state index is -0.488. The maximum absolute atomic E-state index is 11.8. The van der Waals surface area contributed by atoms with Gasteiger partial charge in [0, 0.05) is 15.7 Å². The van der Waals surface area contributed by atoms with Gasteiger partial charge in [-0.3, -0.25) is 14.8 Å². The predicted molar refractivity (Wildman–Crippen MR) is 105 cm³/mol. The standard InChI is InChI=1S/C16H19BrN6O.ClH/c1-8-9(2)22-14(10(3)21-8)7-20-13-5-4-11(6-12(13)17)15(24)23-16(18)19;/h4-6,20H,7H2,1-3H3,(H4,18,19,23,24);1H. The largest absolute Gasteiger partial charge is 0.378 e. The van der Waals surface area contributed by atoms with Crippen LogP contribution in [0.15, 0.2) is 27.7 Å². The van der Waals surface area contributed by atoms with E-state index in [0.29, 0.717) is 12.1 Å². The second-order valence-electron chi connectivity index (χ2n) is 5.32. The fraction of sp³-hybridized carbons (Fsp3) is 0.250. The molecule has 134 valence electrons. The highest BCUT2D eigenvalue weighted by molar-refractivity contribution is 9.10. The third-order valence-electron chi connectivity index (χ3n) is 3.47. The third kappa shape index (κ3) is 5.40. The molecule has 2 rings (SSSR count). The highest BCUT2D eigenvalue weighted by Crippen LogP contribution is 2.24. The Kier molecular flexibility index (Phi) is 7.32. The lowest BCUT2D eigenvalue weighted by atomic mass is 10.2. The number of nitrogens with one attached hydrogen (secondary N) is 1. The van der Waals surface area contributed by atoms with Crippen LogP contribution in [-0.2, 0) is 6.54 Å². The number of hydrogen-bond acceptors (Lipinski definition) is 4. The molecule has 0 saturated heterocycles. The van der Waals surface area contributed by atoms with E-state index < -0.39 is 5.91 Å². The molecule has 1 aromatic carbocycles. The summed E-state index contributed by atoms with van der Waals surface area (Å²) < 4.78 is 0.730. The molecule has 5 N–H and O–H groups in total. The fourth-order valence-corrected chi connectivity index (χ4v) is 2.60. The van der Waals surface area contributed by atoms with Crippen LogP contribution in [0.25, 0.3) is 0 Å². The summed E-state index contributed by atoms with van der Waals surface area (Å²) in [7, 11) is 0. The van der Waals surface area contributed by atoms with E-state index in [0.717, 1.165) is 32.9 Å². The molecular formula is C16H20BrClN6O. The van der Waals surface area contributed by atoms with Crippen LogP contribution in [0.3, 0.4) is 0 Å². The van der Waals surface area contributed by atoms with Crippen molar-refractivity contribution < 1.29 is 4.79 Å². The minimum Gasteiger partial charge on any atom is -0.378 e. The van der Waals surface area contributed by atoms with Crippen LogP contribution in [-0.4, -0.2) is 21.8 Å². The van der Waals surface area contributed by atoms with Crippen molar-refractivity contribution in [1.82, 2.24) is 9.97 Å². The zero-order chi connectivity index (χ0) is 17.9. The van der Waals surface area contributed by atoms with Crippen LogP contribution in [0, 0.1) is 20.8 Å². The van der Waals surface area contributed by atoms with Crippen LogP contribution >= 0.6 is 28.3 Å². The van der Waals surface area contributed by atoms with Crippen molar-refractivity contribution >= 4 is 45.9 Å². The topological polar surface area (TPSA) is 119 Å². The molecule has 0 atom stereocenters. The number of aromatic nitrogens is 2. The lowest BCUT2D eigenvalue weighted by molar-refractivity contribution is 0.100. The molecule has 0 radical (unpaired) electrons. The molecule has 0 aliphatic rings. The van der Waals surface area contributed by atoms with Gasteiger partial charge in [-0.25, -0.2) is 0 Å². The molecule has 0 saturated carbocycles. The summed E-state index contributed by atoms with van der Waals surface area (Å²) in [6, 6.07) is 5.10. The third-order valence-corrected chi connectivity index (χ3v) is 4.13. The van der Waals surface area contributed by atoms with Gasteiger partial charge in [-0.15, -0.1) is 12.4 Å². The average molecular weight is 428 g/mol. The van der Waals surface area contributed by atoms with Crippen molar-refractivity contribution in [3.8, 4) is 0 Å². The van der Waals surface area contributed by atoms with Crippen molar-refractivity contribution in [2.75, 3.05) is 5.32 Å². The Morgan fingerprint density at radius 3 is 2.40 bits per heavy atom. The van der Waals surface area contributed by atoms with E-state index in [1.165, 1.54) is 0 Å². The minimum absolute atomic E-state index is 0. The van der Waals surface area contributed by atoms with Gasteiger partial charge in [-0.05, 0) is 54.9 Å². The molecule has 7 nitrogen and oxygen atoms in total. The Morgan fingerprint density at radius 1 is 1.16 bits per heavy atom. The average Bonchev–Trinajstić information content (AvgIpc) is 2.49. The molecule has 0 aliphatic heterocycles. The number of aliphatic imine (C=N–C) groups is 1. The number of anilines is 1. The van der Waals surface area contributed by atoms with Crippen molar-refractivity contribution in [3.05, 3.63) is 51.0 Å². The molecule has 0 fully saturated rings. The second-order valence-corrected chi connectivity index (χ2v) is 6.17. The fourth-order valence-electron chi connectivity index (χ4n) is 2.08. The van der Waals surface area contributed by atoms with Gasteiger partial charge >= 0.3 is 0 Å². The molecule has 2 aromatic rings. The van der Waals surface area contributed by atoms with Crippen LogP contribution in [0.4, 0.5) is 5.69 Å². The van der Waals surface area contributed by atoms with Gasteiger partial charge in [0.05, 0.1) is 29.3 Å². The maximum Gasteiger partial charge on any atom is 0.280 e. The lowest BCUT2D eigenvalue weighted by Crippen LogP contribution is -2.24. The number of nitrogens with zero attached hydrogens (tertiary/aromatic N) is 3. The highest BCUT2D eigenvalue weighted by Gasteiger charge is 2.10. The Hall–Kier alpha value is -2.19. The highest BCUT2D eigenvalue weighted by atomic mass is 79.9. The Balaban J connectivity index is 0.00000312. The summed E-state index contributed by atoms with van der Waals surface area (Å²) in [4.78, 5) is 24.4. The molecule has 1 heterocycles. The van der Waals surface area contributed by atoms with E-state index in [1.807, 2.05) is 20.8 Å². The monoisotopic (exact) mass is 426 g/mol. The van der Waals surface area contributed by atoms with E-state index >= 15 is 0 Å². The number of amides is 1. The Bertz CT molecular complexity index is 821. The first-order chi connectivity index (χ1) is 11.3.